The van der Waals surface area contributed by atoms with Gasteiger partial charge < -0.3 is 10.1 Å². The Labute approximate surface area is 127 Å². The standard InChI is InChI=1S/C17H17F2NO2/c1-11(2)12-4-3-5-14(8-12)22-10-17(21)20-13-6-7-15(18)16(19)9-13/h3-9,11H,10H2,1-2H3,(H,20,21). The van der Waals surface area contributed by atoms with Gasteiger partial charge in [-0.3, -0.25) is 4.79 Å². The van der Waals surface area contributed by atoms with Gasteiger partial charge in [-0.05, 0) is 35.7 Å². The second-order valence-corrected chi connectivity index (χ2v) is 5.19. The van der Waals surface area contributed by atoms with E-state index in [4.69, 9.17) is 4.74 Å². The van der Waals surface area contributed by atoms with Crippen molar-refractivity contribution in [1.29, 1.82) is 0 Å². The Morgan fingerprint density at radius 3 is 2.59 bits per heavy atom. The summed E-state index contributed by atoms with van der Waals surface area (Å²) in [5.74, 6) is -1.46. The number of nitrogens with one attached hydrogen (secondary N) is 1. The van der Waals surface area contributed by atoms with Crippen LogP contribution in [0.25, 0.3) is 0 Å². The summed E-state index contributed by atoms with van der Waals surface area (Å²) in [4.78, 5) is 11.7. The Morgan fingerprint density at radius 2 is 1.91 bits per heavy atom. The summed E-state index contributed by atoms with van der Waals surface area (Å²) < 4.78 is 31.2. The van der Waals surface area contributed by atoms with Gasteiger partial charge in [0, 0.05) is 11.8 Å². The van der Waals surface area contributed by atoms with Gasteiger partial charge in [0.2, 0.25) is 0 Å². The molecule has 0 aromatic heterocycles. The predicted octanol–water partition coefficient (Wildman–Crippen LogP) is 4.11. The molecule has 2 aromatic rings. The molecule has 0 atom stereocenters. The highest BCUT2D eigenvalue weighted by Crippen LogP contribution is 2.20. The third kappa shape index (κ3) is 4.28. The zero-order chi connectivity index (χ0) is 16.1. The van der Waals surface area contributed by atoms with Gasteiger partial charge in [-0.1, -0.05) is 26.0 Å². The van der Waals surface area contributed by atoms with Crippen molar-refractivity contribution in [3.05, 3.63) is 59.7 Å². The minimum absolute atomic E-state index is 0.184. The normalized spacial score (nSPS) is 10.6. The van der Waals surface area contributed by atoms with Crippen LogP contribution in [-0.2, 0) is 4.79 Å². The lowest BCUT2D eigenvalue weighted by Crippen LogP contribution is -2.20. The van der Waals surface area contributed by atoms with E-state index in [1.54, 1.807) is 6.07 Å². The molecule has 0 aliphatic carbocycles. The van der Waals surface area contributed by atoms with Gasteiger partial charge in [0.25, 0.3) is 5.91 Å². The van der Waals surface area contributed by atoms with Crippen molar-refractivity contribution in [2.75, 3.05) is 11.9 Å². The summed E-state index contributed by atoms with van der Waals surface area (Å²) in [6.07, 6.45) is 0. The minimum atomic E-state index is -1.01. The topological polar surface area (TPSA) is 38.3 Å². The Balaban J connectivity index is 1.92. The summed E-state index contributed by atoms with van der Waals surface area (Å²) >= 11 is 0. The molecule has 0 saturated carbocycles. The van der Waals surface area contributed by atoms with E-state index in [1.165, 1.54) is 6.07 Å². The maximum Gasteiger partial charge on any atom is 0.262 e. The number of benzene rings is 2. The van der Waals surface area contributed by atoms with Gasteiger partial charge in [0.1, 0.15) is 5.75 Å². The van der Waals surface area contributed by atoms with Gasteiger partial charge in [0.15, 0.2) is 18.2 Å². The first-order valence-electron chi connectivity index (χ1n) is 6.93. The van der Waals surface area contributed by atoms with Crippen molar-refractivity contribution in [2.45, 2.75) is 19.8 Å². The molecule has 1 N–H and O–H groups in total. The second-order valence-electron chi connectivity index (χ2n) is 5.19. The van der Waals surface area contributed by atoms with E-state index >= 15 is 0 Å². The molecule has 2 aromatic carbocycles. The third-order valence-electron chi connectivity index (χ3n) is 3.10. The molecule has 5 heteroatoms. The first-order valence-corrected chi connectivity index (χ1v) is 6.93. The third-order valence-corrected chi connectivity index (χ3v) is 3.10. The average molecular weight is 305 g/mol. The lowest BCUT2D eigenvalue weighted by molar-refractivity contribution is -0.118. The molecular weight excluding hydrogens is 288 g/mol. The van der Waals surface area contributed by atoms with Gasteiger partial charge in [0.05, 0.1) is 0 Å². The summed E-state index contributed by atoms with van der Waals surface area (Å²) in [6.45, 7) is 3.92. The summed E-state index contributed by atoms with van der Waals surface area (Å²) in [6, 6.07) is 10.6. The molecule has 1 amide bonds. The Morgan fingerprint density at radius 1 is 1.14 bits per heavy atom. The van der Waals surface area contributed by atoms with Crippen molar-refractivity contribution >= 4 is 11.6 Å². The highest BCUT2D eigenvalue weighted by atomic mass is 19.2. The Kier molecular flexibility index (Phi) is 5.09. The zero-order valence-electron chi connectivity index (χ0n) is 12.4. The molecule has 0 bridgehead atoms. The largest absolute Gasteiger partial charge is 0.484 e. The number of rotatable bonds is 5. The van der Waals surface area contributed by atoms with Crippen molar-refractivity contribution in [1.82, 2.24) is 0 Å². The van der Waals surface area contributed by atoms with Crippen LogP contribution in [0.5, 0.6) is 5.75 Å². The molecule has 0 spiro atoms. The van der Waals surface area contributed by atoms with Crippen molar-refractivity contribution < 1.29 is 18.3 Å². The van der Waals surface area contributed by atoms with Crippen LogP contribution in [0.15, 0.2) is 42.5 Å². The molecular formula is C17H17F2NO2. The smallest absolute Gasteiger partial charge is 0.262 e. The van der Waals surface area contributed by atoms with E-state index in [-0.39, 0.29) is 12.3 Å². The average Bonchev–Trinajstić information content (AvgIpc) is 2.49. The minimum Gasteiger partial charge on any atom is -0.484 e. The Hall–Kier alpha value is -2.43. The fraction of sp³-hybridized carbons (Fsp3) is 0.235. The molecule has 116 valence electrons. The maximum atomic E-state index is 13.0. The van der Waals surface area contributed by atoms with E-state index < -0.39 is 17.5 Å². The molecule has 0 saturated heterocycles. The van der Waals surface area contributed by atoms with Crippen LogP contribution in [0, 0.1) is 11.6 Å². The number of anilines is 1. The van der Waals surface area contributed by atoms with E-state index in [1.807, 2.05) is 18.2 Å². The molecule has 0 fully saturated rings. The van der Waals surface area contributed by atoms with Crippen LogP contribution in [0.4, 0.5) is 14.5 Å². The molecule has 0 radical (unpaired) electrons. The number of halogens is 2. The van der Waals surface area contributed by atoms with Crippen molar-refractivity contribution in [3.8, 4) is 5.75 Å². The van der Waals surface area contributed by atoms with Crippen LogP contribution < -0.4 is 10.1 Å². The second kappa shape index (κ2) is 7.02. The Bertz CT molecular complexity index is 671. The van der Waals surface area contributed by atoms with Crippen LogP contribution in [-0.4, -0.2) is 12.5 Å². The van der Waals surface area contributed by atoms with Crippen LogP contribution >= 0.6 is 0 Å². The first-order chi connectivity index (χ1) is 10.5. The fourth-order valence-electron chi connectivity index (χ4n) is 1.88. The van der Waals surface area contributed by atoms with E-state index in [0.717, 1.165) is 17.7 Å². The molecule has 3 nitrogen and oxygen atoms in total. The number of ether oxygens (including phenoxy) is 1. The van der Waals surface area contributed by atoms with Gasteiger partial charge in [-0.2, -0.15) is 0 Å². The van der Waals surface area contributed by atoms with Crippen molar-refractivity contribution in [2.24, 2.45) is 0 Å². The lowest BCUT2D eigenvalue weighted by Gasteiger charge is -2.10. The highest BCUT2D eigenvalue weighted by molar-refractivity contribution is 5.91. The number of carbonyl (C=O) groups excluding carboxylic acids is 1. The fourth-order valence-corrected chi connectivity index (χ4v) is 1.88. The van der Waals surface area contributed by atoms with Gasteiger partial charge in [-0.25, -0.2) is 8.78 Å². The molecule has 0 unspecified atom stereocenters. The number of amides is 1. The number of hydrogen-bond acceptors (Lipinski definition) is 2. The van der Waals surface area contributed by atoms with Gasteiger partial charge >= 0.3 is 0 Å². The molecule has 0 aliphatic rings. The molecule has 0 aliphatic heterocycles. The first kappa shape index (κ1) is 15.9. The van der Waals surface area contributed by atoms with Crippen LogP contribution in [0.3, 0.4) is 0 Å². The molecule has 2 rings (SSSR count). The molecule has 0 heterocycles. The summed E-state index contributed by atoms with van der Waals surface area (Å²) in [5, 5.41) is 2.45. The maximum absolute atomic E-state index is 13.0. The van der Waals surface area contributed by atoms with E-state index in [2.05, 4.69) is 19.2 Å². The number of hydrogen-bond donors (Lipinski definition) is 1. The lowest BCUT2D eigenvalue weighted by atomic mass is 10.0. The van der Waals surface area contributed by atoms with Crippen LogP contribution in [0.1, 0.15) is 25.3 Å². The monoisotopic (exact) mass is 305 g/mol. The summed E-state index contributed by atoms with van der Waals surface area (Å²) in [7, 11) is 0. The highest BCUT2D eigenvalue weighted by Gasteiger charge is 2.08. The summed E-state index contributed by atoms with van der Waals surface area (Å²) in [5.41, 5.74) is 1.29. The van der Waals surface area contributed by atoms with E-state index in [9.17, 15) is 13.6 Å². The SMILES string of the molecule is CC(C)c1cccc(OCC(=O)Nc2ccc(F)c(F)c2)c1. The van der Waals surface area contributed by atoms with Crippen molar-refractivity contribution in [3.63, 3.8) is 0 Å². The van der Waals surface area contributed by atoms with Gasteiger partial charge in [-0.15, -0.1) is 0 Å². The molecule has 22 heavy (non-hydrogen) atoms. The zero-order valence-corrected chi connectivity index (χ0v) is 12.4. The quantitative estimate of drug-likeness (QED) is 0.903. The number of carbonyl (C=O) groups is 1. The van der Waals surface area contributed by atoms with E-state index in [0.29, 0.717) is 11.7 Å². The van der Waals surface area contributed by atoms with Crippen LogP contribution in [0.2, 0.25) is 0 Å². The predicted molar refractivity (Wildman–Crippen MR) is 81.0 cm³/mol.